The van der Waals surface area contributed by atoms with Crippen molar-refractivity contribution in [3.05, 3.63) is 46.2 Å². The van der Waals surface area contributed by atoms with E-state index in [-0.39, 0.29) is 0 Å². The first-order valence-electron chi connectivity index (χ1n) is 9.47. The van der Waals surface area contributed by atoms with Crippen LogP contribution in [0, 0.1) is 0 Å². The van der Waals surface area contributed by atoms with Crippen LogP contribution < -0.4 is 11.1 Å². The molecule has 3 N–H and O–H groups in total. The molecule has 0 amide bonds. The maximum Gasteiger partial charge on any atom is 0.251 e. The molecule has 0 aliphatic heterocycles. The van der Waals surface area contributed by atoms with Crippen molar-refractivity contribution in [3.63, 3.8) is 0 Å². The van der Waals surface area contributed by atoms with Gasteiger partial charge in [-0.05, 0) is 35.9 Å². The molecule has 8 nitrogen and oxygen atoms in total. The van der Waals surface area contributed by atoms with E-state index in [9.17, 15) is 0 Å². The van der Waals surface area contributed by atoms with E-state index in [0.29, 0.717) is 30.0 Å². The molecule has 3 aromatic rings. The minimum atomic E-state index is 0.309. The summed E-state index contributed by atoms with van der Waals surface area (Å²) in [6, 6.07) is 1.90. The summed E-state index contributed by atoms with van der Waals surface area (Å²) in [5.41, 5.74) is 10.9. The van der Waals surface area contributed by atoms with Gasteiger partial charge in [-0.3, -0.25) is 4.68 Å². The second-order valence-electron chi connectivity index (χ2n) is 6.75. The van der Waals surface area contributed by atoms with Crippen LogP contribution >= 0.6 is 22.9 Å². The average molecular weight is 444 g/mol. The molecule has 0 spiro atoms. The summed E-state index contributed by atoms with van der Waals surface area (Å²) < 4.78 is 6.86. The van der Waals surface area contributed by atoms with Crippen molar-refractivity contribution >= 4 is 34.7 Å². The van der Waals surface area contributed by atoms with Gasteiger partial charge in [0.25, 0.3) is 5.95 Å². The topological polar surface area (TPSA) is 103 Å². The molecule has 0 bridgehead atoms. The first kappa shape index (κ1) is 20.5. The number of amidine groups is 1. The van der Waals surface area contributed by atoms with Crippen LogP contribution in [0.4, 0.5) is 5.95 Å². The van der Waals surface area contributed by atoms with Crippen LogP contribution in [0.3, 0.4) is 0 Å². The number of methoxy groups -OCH3 is 1. The molecular formula is C20H22ClN7OS. The Morgan fingerprint density at radius 3 is 3.10 bits per heavy atom. The minimum Gasteiger partial charge on any atom is -0.388 e. The van der Waals surface area contributed by atoms with Gasteiger partial charge in [-0.25, -0.2) is 9.97 Å². The Bertz CT molecular complexity index is 1120. The number of hydrogen-bond acceptors (Lipinski definition) is 7. The van der Waals surface area contributed by atoms with Crippen LogP contribution in [0.2, 0.25) is 5.02 Å². The van der Waals surface area contributed by atoms with Gasteiger partial charge in [0.2, 0.25) is 0 Å². The van der Waals surface area contributed by atoms with Crippen LogP contribution in [0.15, 0.2) is 34.9 Å². The number of nitrogens with two attached hydrogens (primary N) is 1. The molecule has 0 aromatic carbocycles. The third-order valence-corrected chi connectivity index (χ3v) is 6.07. The Labute approximate surface area is 183 Å². The Kier molecular flexibility index (Phi) is 6.12. The fourth-order valence-corrected chi connectivity index (χ4v) is 4.60. The molecule has 0 radical (unpaired) electrons. The normalized spacial score (nSPS) is 13.5. The van der Waals surface area contributed by atoms with E-state index in [1.165, 1.54) is 0 Å². The van der Waals surface area contributed by atoms with E-state index in [0.717, 1.165) is 45.9 Å². The van der Waals surface area contributed by atoms with Gasteiger partial charge in [0, 0.05) is 33.1 Å². The average Bonchev–Trinajstić information content (AvgIpc) is 3.29. The Morgan fingerprint density at radius 2 is 2.33 bits per heavy atom. The first-order valence-corrected chi connectivity index (χ1v) is 10.7. The van der Waals surface area contributed by atoms with Crippen LogP contribution in [-0.4, -0.2) is 45.8 Å². The Morgan fingerprint density at radius 1 is 1.47 bits per heavy atom. The maximum absolute atomic E-state index is 6.43. The van der Waals surface area contributed by atoms with Gasteiger partial charge in [0.1, 0.15) is 5.84 Å². The van der Waals surface area contributed by atoms with E-state index in [4.69, 9.17) is 32.2 Å². The summed E-state index contributed by atoms with van der Waals surface area (Å²) >= 11 is 8.02. The molecule has 0 fully saturated rings. The number of aryl methyl sites for hydroxylation is 3. The van der Waals surface area contributed by atoms with Gasteiger partial charge in [-0.15, -0.1) is 11.3 Å². The standard InChI is InChI=1S/C20H22ClN7OS/c1-28-18(19-13(21)6-10-30-19)16-14(27-28)4-3-12-11-24-20(26-17(12)16)25-15(22)5-7-23-8-9-29-2/h5-7,10-11,23H,3-4,8-9H2,1-2H3,(H2,22,24,25,26)/b7-5-. The maximum atomic E-state index is 6.43. The SMILES string of the molecule is COCCN/C=C\C(N)=N/c1ncc2c(n1)-c1c(nn(C)c1-c1sccc1Cl)CC2. The molecule has 0 atom stereocenters. The van der Waals surface area contributed by atoms with Gasteiger partial charge < -0.3 is 15.8 Å². The number of thiophene rings is 1. The number of nitrogens with zero attached hydrogens (tertiary/aromatic N) is 5. The minimum absolute atomic E-state index is 0.309. The van der Waals surface area contributed by atoms with Crippen LogP contribution in [-0.2, 0) is 24.6 Å². The number of nitrogens with one attached hydrogen (secondary N) is 1. The highest BCUT2D eigenvalue weighted by Crippen LogP contribution is 2.43. The molecule has 10 heteroatoms. The highest BCUT2D eigenvalue weighted by atomic mass is 35.5. The molecule has 3 heterocycles. The van der Waals surface area contributed by atoms with Crippen LogP contribution in [0.25, 0.3) is 21.8 Å². The van der Waals surface area contributed by atoms with Crippen molar-refractivity contribution in [2.24, 2.45) is 17.8 Å². The molecule has 4 rings (SSSR count). The molecule has 30 heavy (non-hydrogen) atoms. The summed E-state index contributed by atoms with van der Waals surface area (Å²) in [4.78, 5) is 14.4. The first-order chi connectivity index (χ1) is 14.6. The van der Waals surface area contributed by atoms with Crippen molar-refractivity contribution < 1.29 is 4.74 Å². The molecule has 0 saturated carbocycles. The van der Waals surface area contributed by atoms with Crippen molar-refractivity contribution in [1.29, 1.82) is 0 Å². The van der Waals surface area contributed by atoms with Gasteiger partial charge >= 0.3 is 0 Å². The van der Waals surface area contributed by atoms with Gasteiger partial charge in [-0.2, -0.15) is 10.1 Å². The van der Waals surface area contributed by atoms with E-state index in [1.54, 1.807) is 30.7 Å². The number of aliphatic imine (C=N–C) groups is 1. The summed E-state index contributed by atoms with van der Waals surface area (Å²) in [5, 5.41) is 10.5. The quantitative estimate of drug-likeness (QED) is 0.330. The van der Waals surface area contributed by atoms with Crippen LogP contribution in [0.5, 0.6) is 0 Å². The lowest BCUT2D eigenvalue weighted by Crippen LogP contribution is -2.15. The van der Waals surface area contributed by atoms with Crippen molar-refractivity contribution in [2.45, 2.75) is 12.8 Å². The van der Waals surface area contributed by atoms with Crippen molar-refractivity contribution in [1.82, 2.24) is 25.1 Å². The Hall–Kier alpha value is -2.75. The lowest BCUT2D eigenvalue weighted by molar-refractivity contribution is 0.203. The molecule has 156 valence electrons. The van der Waals surface area contributed by atoms with Crippen LogP contribution in [0.1, 0.15) is 11.3 Å². The zero-order valence-electron chi connectivity index (χ0n) is 16.7. The number of halogens is 1. The summed E-state index contributed by atoms with van der Waals surface area (Å²) in [6.45, 7) is 1.30. The van der Waals surface area contributed by atoms with E-state index >= 15 is 0 Å². The molecular weight excluding hydrogens is 422 g/mol. The summed E-state index contributed by atoms with van der Waals surface area (Å²) in [7, 11) is 3.59. The van der Waals surface area contributed by atoms with E-state index in [1.807, 2.05) is 29.4 Å². The van der Waals surface area contributed by atoms with Crippen molar-refractivity contribution in [2.75, 3.05) is 20.3 Å². The molecule has 1 aliphatic carbocycles. The number of ether oxygens (including phenoxy) is 1. The lowest BCUT2D eigenvalue weighted by Gasteiger charge is -2.15. The number of hydrogen-bond donors (Lipinski definition) is 2. The molecule has 3 aromatic heterocycles. The van der Waals surface area contributed by atoms with Gasteiger partial charge in [0.15, 0.2) is 0 Å². The Balaban J connectivity index is 1.69. The predicted octanol–water partition coefficient (Wildman–Crippen LogP) is 3.10. The molecule has 0 saturated heterocycles. The highest BCUT2D eigenvalue weighted by molar-refractivity contribution is 7.14. The zero-order chi connectivity index (χ0) is 21.1. The fraction of sp³-hybridized carbons (Fsp3) is 0.300. The second kappa shape index (κ2) is 8.95. The third-order valence-electron chi connectivity index (χ3n) is 4.72. The highest BCUT2D eigenvalue weighted by Gasteiger charge is 2.28. The van der Waals surface area contributed by atoms with E-state index < -0.39 is 0 Å². The van der Waals surface area contributed by atoms with Crippen molar-refractivity contribution in [3.8, 4) is 21.8 Å². The summed E-state index contributed by atoms with van der Waals surface area (Å²) in [6.07, 6.45) is 6.89. The largest absolute Gasteiger partial charge is 0.388 e. The smallest absolute Gasteiger partial charge is 0.251 e. The van der Waals surface area contributed by atoms with Gasteiger partial charge in [0.05, 0.1) is 39.2 Å². The monoisotopic (exact) mass is 443 g/mol. The molecule has 1 aliphatic rings. The fourth-order valence-electron chi connectivity index (χ4n) is 3.37. The number of fused-ring (bicyclic) bond motifs is 3. The molecule has 0 unspecified atom stereocenters. The number of aromatic nitrogens is 4. The predicted molar refractivity (Wildman–Crippen MR) is 120 cm³/mol. The van der Waals surface area contributed by atoms with Gasteiger partial charge in [-0.1, -0.05) is 11.6 Å². The zero-order valence-corrected chi connectivity index (χ0v) is 18.3. The number of rotatable bonds is 7. The summed E-state index contributed by atoms with van der Waals surface area (Å²) in [5.74, 6) is 0.622. The second-order valence-corrected chi connectivity index (χ2v) is 8.08. The lowest BCUT2D eigenvalue weighted by atomic mass is 9.93. The van der Waals surface area contributed by atoms with E-state index in [2.05, 4.69) is 15.3 Å². The third kappa shape index (κ3) is 4.09.